The van der Waals surface area contributed by atoms with Crippen molar-refractivity contribution in [2.45, 2.75) is 24.9 Å². The summed E-state index contributed by atoms with van der Waals surface area (Å²) >= 11 is 0. The van der Waals surface area contributed by atoms with E-state index in [4.69, 9.17) is 0 Å². The van der Waals surface area contributed by atoms with E-state index in [1.54, 1.807) is 12.2 Å². The van der Waals surface area contributed by atoms with E-state index in [0.717, 1.165) is 24.0 Å². The Kier molecular flexibility index (Phi) is 3.25. The molecule has 0 aromatic heterocycles. The molecule has 1 aliphatic rings. The molecule has 2 nitrogen and oxygen atoms in total. The van der Waals surface area contributed by atoms with Crippen molar-refractivity contribution in [3.05, 3.63) is 54.1 Å². The molecular formula is C15H16O2. The predicted octanol–water partition coefficient (Wildman–Crippen LogP) is 2.83. The molecule has 1 aliphatic carbocycles. The number of benzene rings is 1. The molecule has 0 bridgehead atoms. The average Bonchev–Trinajstić information content (AvgIpc) is 2.35. The van der Waals surface area contributed by atoms with Gasteiger partial charge in [-0.25, -0.2) is 0 Å². The summed E-state index contributed by atoms with van der Waals surface area (Å²) in [4.78, 5) is 11.9. The fraction of sp³-hybridized carbons (Fsp3) is 0.267. The number of hydrogen-bond donors (Lipinski definition) is 1. The molecule has 0 fully saturated rings. The molecule has 0 aliphatic heterocycles. The zero-order valence-corrected chi connectivity index (χ0v) is 9.73. The summed E-state index contributed by atoms with van der Waals surface area (Å²) in [7, 11) is 0. The van der Waals surface area contributed by atoms with Crippen LogP contribution in [0.4, 0.5) is 0 Å². The van der Waals surface area contributed by atoms with E-state index in [-0.39, 0.29) is 5.78 Å². The highest BCUT2D eigenvalue weighted by molar-refractivity contribution is 6.03. The quantitative estimate of drug-likeness (QED) is 0.635. The third-order valence-corrected chi connectivity index (χ3v) is 3.18. The monoisotopic (exact) mass is 228 g/mol. The van der Waals surface area contributed by atoms with Crippen molar-refractivity contribution in [1.29, 1.82) is 0 Å². The molecule has 1 aromatic rings. The molecule has 1 unspecified atom stereocenters. The molecule has 0 saturated carbocycles. The Bertz CT molecular complexity index is 474. The smallest absolute Gasteiger partial charge is 0.191 e. The number of fused-ring (bicyclic) bond motifs is 1. The molecule has 0 heterocycles. The Hall–Kier alpha value is -1.67. The largest absolute Gasteiger partial charge is 0.377 e. The van der Waals surface area contributed by atoms with E-state index in [9.17, 15) is 9.90 Å². The first kappa shape index (κ1) is 11.8. The molecule has 2 rings (SSSR count). The van der Waals surface area contributed by atoms with E-state index in [2.05, 4.69) is 6.58 Å². The zero-order chi connectivity index (χ0) is 12.3. The summed E-state index contributed by atoms with van der Waals surface area (Å²) in [6.45, 7) is 3.65. The second-order valence-corrected chi connectivity index (χ2v) is 4.33. The first-order chi connectivity index (χ1) is 8.18. The molecule has 0 spiro atoms. The summed E-state index contributed by atoms with van der Waals surface area (Å²) in [5.41, 5.74) is 0.290. The van der Waals surface area contributed by atoms with Crippen molar-refractivity contribution in [3.8, 4) is 0 Å². The van der Waals surface area contributed by atoms with Crippen LogP contribution in [0.15, 0.2) is 43.0 Å². The fourth-order valence-corrected chi connectivity index (χ4v) is 2.22. The number of unbranched alkanes of at least 4 members (excludes halogenated alkanes) is 1. The number of rotatable bonds is 4. The zero-order valence-electron chi connectivity index (χ0n) is 9.73. The minimum absolute atomic E-state index is 0.222. The second kappa shape index (κ2) is 4.68. The van der Waals surface area contributed by atoms with Gasteiger partial charge >= 0.3 is 0 Å². The lowest BCUT2D eigenvalue weighted by Gasteiger charge is -2.30. The van der Waals surface area contributed by atoms with Crippen molar-refractivity contribution in [3.63, 3.8) is 0 Å². The maximum Gasteiger partial charge on any atom is 0.191 e. The third kappa shape index (κ3) is 2.08. The highest BCUT2D eigenvalue weighted by atomic mass is 16.3. The van der Waals surface area contributed by atoms with E-state index in [1.165, 1.54) is 6.08 Å². The number of carbonyl (C=O) groups is 1. The predicted molar refractivity (Wildman–Crippen MR) is 68.4 cm³/mol. The average molecular weight is 228 g/mol. The summed E-state index contributed by atoms with van der Waals surface area (Å²) in [5.74, 6) is -0.222. The van der Waals surface area contributed by atoms with Gasteiger partial charge in [-0.05, 0) is 36.5 Å². The molecule has 0 amide bonds. The number of allylic oxidation sites excluding steroid dienone is 1. The van der Waals surface area contributed by atoms with E-state index < -0.39 is 5.60 Å². The van der Waals surface area contributed by atoms with Gasteiger partial charge < -0.3 is 5.11 Å². The topological polar surface area (TPSA) is 37.3 Å². The summed E-state index contributed by atoms with van der Waals surface area (Å²) < 4.78 is 0. The van der Waals surface area contributed by atoms with Gasteiger partial charge in [-0.3, -0.25) is 4.79 Å². The maximum atomic E-state index is 11.9. The van der Waals surface area contributed by atoms with E-state index in [1.807, 2.05) is 24.3 Å². The van der Waals surface area contributed by atoms with E-state index >= 15 is 0 Å². The van der Waals surface area contributed by atoms with Crippen molar-refractivity contribution in [2.24, 2.45) is 0 Å². The molecule has 88 valence electrons. The van der Waals surface area contributed by atoms with Gasteiger partial charge in [0.2, 0.25) is 0 Å². The number of carbonyl (C=O) groups excluding carboxylic acids is 1. The Morgan fingerprint density at radius 1 is 1.29 bits per heavy atom. The minimum Gasteiger partial charge on any atom is -0.377 e. The van der Waals surface area contributed by atoms with Crippen molar-refractivity contribution in [1.82, 2.24) is 0 Å². The Labute approximate surface area is 101 Å². The number of hydrogen-bond acceptors (Lipinski definition) is 2. The van der Waals surface area contributed by atoms with Crippen LogP contribution in [0.5, 0.6) is 0 Å². The molecule has 0 saturated heterocycles. The van der Waals surface area contributed by atoms with Crippen molar-refractivity contribution in [2.75, 3.05) is 0 Å². The fourth-order valence-electron chi connectivity index (χ4n) is 2.22. The first-order valence-electron chi connectivity index (χ1n) is 5.84. The van der Waals surface area contributed by atoms with Crippen LogP contribution in [-0.4, -0.2) is 10.9 Å². The van der Waals surface area contributed by atoms with Gasteiger partial charge in [0, 0.05) is 0 Å². The van der Waals surface area contributed by atoms with Gasteiger partial charge in [-0.15, -0.1) is 6.58 Å². The third-order valence-electron chi connectivity index (χ3n) is 3.18. The Morgan fingerprint density at radius 2 is 2.06 bits per heavy atom. The van der Waals surface area contributed by atoms with Crippen molar-refractivity contribution >= 4 is 11.9 Å². The van der Waals surface area contributed by atoms with Gasteiger partial charge in [0.1, 0.15) is 0 Å². The van der Waals surface area contributed by atoms with Crippen LogP contribution < -0.4 is 0 Å². The lowest BCUT2D eigenvalue weighted by molar-refractivity contribution is -0.134. The summed E-state index contributed by atoms with van der Waals surface area (Å²) in [6.07, 6.45) is 7.04. The normalized spacial score (nSPS) is 22.3. The van der Waals surface area contributed by atoms with Gasteiger partial charge in [-0.2, -0.15) is 0 Å². The SMILES string of the molecule is C=CCCCC1(O)C(=O)C=Cc2ccccc21. The van der Waals surface area contributed by atoms with Gasteiger partial charge in [0.25, 0.3) is 0 Å². The molecule has 17 heavy (non-hydrogen) atoms. The van der Waals surface area contributed by atoms with E-state index in [0.29, 0.717) is 6.42 Å². The van der Waals surface area contributed by atoms with Gasteiger partial charge in [-0.1, -0.05) is 36.4 Å². The first-order valence-corrected chi connectivity index (χ1v) is 5.84. The molecule has 0 radical (unpaired) electrons. The Morgan fingerprint density at radius 3 is 2.82 bits per heavy atom. The second-order valence-electron chi connectivity index (χ2n) is 4.33. The summed E-state index contributed by atoms with van der Waals surface area (Å²) in [6, 6.07) is 7.49. The molecule has 1 aromatic carbocycles. The van der Waals surface area contributed by atoms with Crippen molar-refractivity contribution < 1.29 is 9.90 Å². The highest BCUT2D eigenvalue weighted by Gasteiger charge is 2.38. The van der Waals surface area contributed by atoms with Crippen LogP contribution in [0.2, 0.25) is 0 Å². The molecular weight excluding hydrogens is 212 g/mol. The number of ketones is 1. The molecule has 2 heteroatoms. The van der Waals surface area contributed by atoms with Gasteiger partial charge in [0.15, 0.2) is 11.4 Å². The maximum absolute atomic E-state index is 11.9. The molecule has 1 N–H and O–H groups in total. The van der Waals surface area contributed by atoms with Crippen LogP contribution >= 0.6 is 0 Å². The summed E-state index contributed by atoms with van der Waals surface area (Å²) in [5, 5.41) is 10.6. The molecule has 1 atom stereocenters. The van der Waals surface area contributed by atoms with Crippen LogP contribution in [0, 0.1) is 0 Å². The van der Waals surface area contributed by atoms with Crippen LogP contribution in [-0.2, 0) is 10.4 Å². The van der Waals surface area contributed by atoms with Gasteiger partial charge in [0.05, 0.1) is 0 Å². The Balaban J connectivity index is 2.34. The van der Waals surface area contributed by atoms with Crippen LogP contribution in [0.3, 0.4) is 0 Å². The number of aliphatic hydroxyl groups is 1. The lowest BCUT2D eigenvalue weighted by Crippen LogP contribution is -2.37. The van der Waals surface area contributed by atoms with Crippen LogP contribution in [0.1, 0.15) is 30.4 Å². The highest BCUT2D eigenvalue weighted by Crippen LogP contribution is 2.35. The lowest BCUT2D eigenvalue weighted by atomic mass is 9.79. The van der Waals surface area contributed by atoms with Crippen LogP contribution in [0.25, 0.3) is 6.08 Å². The minimum atomic E-state index is -1.35. The standard InChI is InChI=1S/C15H16O2/c1-2-3-6-11-15(17)13-8-5-4-7-12(13)9-10-14(15)16/h2,4-5,7-10,17H,1,3,6,11H2.